The normalized spacial score (nSPS) is 23.9. The lowest BCUT2D eigenvalue weighted by molar-refractivity contribution is 0.330. The molecule has 0 aliphatic heterocycles. The van der Waals surface area contributed by atoms with Crippen LogP contribution in [-0.4, -0.2) is 11.1 Å². The van der Waals surface area contributed by atoms with Gasteiger partial charge in [0.15, 0.2) is 5.75 Å². The smallest absolute Gasteiger partial charge is 0.152 e. The maximum atomic E-state index is 9.51. The van der Waals surface area contributed by atoms with Crippen molar-refractivity contribution in [2.24, 2.45) is 5.92 Å². The number of rotatable bonds is 3. The number of hydrogen-bond donors (Lipinski definition) is 2. The van der Waals surface area contributed by atoms with Crippen LogP contribution < -0.4 is 5.32 Å². The highest BCUT2D eigenvalue weighted by atomic mass is 35.5. The van der Waals surface area contributed by atoms with Crippen molar-refractivity contribution in [3.8, 4) is 5.75 Å². The Morgan fingerprint density at radius 1 is 1.17 bits per heavy atom. The fourth-order valence-corrected chi connectivity index (χ4v) is 3.09. The Morgan fingerprint density at radius 3 is 2.22 bits per heavy atom. The molecule has 0 saturated heterocycles. The van der Waals surface area contributed by atoms with Crippen LogP contribution in [0.5, 0.6) is 5.75 Å². The zero-order valence-corrected chi connectivity index (χ0v) is 12.1. The minimum atomic E-state index is -0.0430. The summed E-state index contributed by atoms with van der Waals surface area (Å²) in [7, 11) is 0. The molecule has 0 bridgehead atoms. The molecule has 1 aliphatic carbocycles. The SMILES string of the molecule is CCC1CCC(Nc2cc(Cl)c(O)c(Cl)c2)CC1. The minimum Gasteiger partial charge on any atom is -0.505 e. The Morgan fingerprint density at radius 2 is 1.72 bits per heavy atom. The van der Waals surface area contributed by atoms with Gasteiger partial charge in [0, 0.05) is 11.7 Å². The predicted molar refractivity (Wildman–Crippen MR) is 77.8 cm³/mol. The highest BCUT2D eigenvalue weighted by Gasteiger charge is 2.20. The van der Waals surface area contributed by atoms with E-state index in [9.17, 15) is 5.11 Å². The number of phenolic OH excluding ortho intramolecular Hbond substituents is 1. The first-order valence-electron chi connectivity index (χ1n) is 6.54. The zero-order chi connectivity index (χ0) is 13.1. The van der Waals surface area contributed by atoms with E-state index in [-0.39, 0.29) is 5.75 Å². The standard InChI is InChI=1S/C14H19Cl2NO/c1-2-9-3-5-10(6-4-9)17-11-7-12(15)14(18)13(16)8-11/h7-10,17-18H,2-6H2,1H3. The van der Waals surface area contributed by atoms with Crippen molar-refractivity contribution >= 4 is 28.9 Å². The summed E-state index contributed by atoms with van der Waals surface area (Å²) in [5, 5.41) is 13.6. The van der Waals surface area contributed by atoms with E-state index in [1.807, 2.05) is 0 Å². The van der Waals surface area contributed by atoms with E-state index in [0.29, 0.717) is 16.1 Å². The Hall–Kier alpha value is -0.600. The Balaban J connectivity index is 1.98. The van der Waals surface area contributed by atoms with E-state index in [1.165, 1.54) is 32.1 Å². The van der Waals surface area contributed by atoms with E-state index < -0.39 is 0 Å². The van der Waals surface area contributed by atoms with E-state index in [1.54, 1.807) is 12.1 Å². The Bertz CT molecular complexity index is 391. The largest absolute Gasteiger partial charge is 0.505 e. The van der Waals surface area contributed by atoms with Gasteiger partial charge in [-0.25, -0.2) is 0 Å². The van der Waals surface area contributed by atoms with E-state index in [0.717, 1.165) is 11.6 Å². The first-order valence-corrected chi connectivity index (χ1v) is 7.30. The molecule has 0 atom stereocenters. The second kappa shape index (κ2) is 6.03. The van der Waals surface area contributed by atoms with Crippen molar-refractivity contribution in [3.63, 3.8) is 0 Å². The summed E-state index contributed by atoms with van der Waals surface area (Å²) in [5.41, 5.74) is 0.891. The van der Waals surface area contributed by atoms with Crippen molar-refractivity contribution < 1.29 is 5.11 Å². The molecular formula is C14H19Cl2NO. The third kappa shape index (κ3) is 3.24. The van der Waals surface area contributed by atoms with E-state index in [4.69, 9.17) is 23.2 Å². The van der Waals surface area contributed by atoms with Crippen LogP contribution in [0.4, 0.5) is 5.69 Å². The molecule has 18 heavy (non-hydrogen) atoms. The van der Waals surface area contributed by atoms with Gasteiger partial charge in [-0.1, -0.05) is 36.5 Å². The molecule has 2 rings (SSSR count). The lowest BCUT2D eigenvalue weighted by Gasteiger charge is -2.29. The number of halogens is 2. The quantitative estimate of drug-likeness (QED) is 0.760. The van der Waals surface area contributed by atoms with Crippen LogP contribution in [0, 0.1) is 5.92 Å². The number of nitrogens with one attached hydrogen (secondary N) is 1. The van der Waals surface area contributed by atoms with Crippen LogP contribution in [0.15, 0.2) is 12.1 Å². The summed E-state index contributed by atoms with van der Waals surface area (Å²) in [6.45, 7) is 2.26. The summed E-state index contributed by atoms with van der Waals surface area (Å²) in [5.74, 6) is 0.841. The number of hydrogen-bond acceptors (Lipinski definition) is 2. The first-order chi connectivity index (χ1) is 8.60. The lowest BCUT2D eigenvalue weighted by Crippen LogP contribution is -2.25. The van der Waals surface area contributed by atoms with Crippen LogP contribution >= 0.6 is 23.2 Å². The van der Waals surface area contributed by atoms with Crippen LogP contribution in [0.25, 0.3) is 0 Å². The number of phenols is 1. The Kier molecular flexibility index (Phi) is 4.63. The molecule has 0 heterocycles. The highest BCUT2D eigenvalue weighted by Crippen LogP contribution is 2.36. The van der Waals surface area contributed by atoms with Crippen molar-refractivity contribution in [2.75, 3.05) is 5.32 Å². The van der Waals surface area contributed by atoms with Crippen molar-refractivity contribution in [3.05, 3.63) is 22.2 Å². The molecule has 1 aromatic carbocycles. The zero-order valence-electron chi connectivity index (χ0n) is 10.5. The van der Waals surface area contributed by atoms with Crippen molar-refractivity contribution in [1.82, 2.24) is 0 Å². The molecule has 0 amide bonds. The molecule has 1 fully saturated rings. The average Bonchev–Trinajstić information content (AvgIpc) is 2.37. The van der Waals surface area contributed by atoms with Crippen LogP contribution in [0.2, 0.25) is 10.0 Å². The minimum absolute atomic E-state index is 0.0430. The third-order valence-electron chi connectivity index (χ3n) is 3.81. The monoisotopic (exact) mass is 287 g/mol. The second-order valence-corrected chi connectivity index (χ2v) is 5.87. The predicted octanol–water partition coefficient (Wildman–Crippen LogP) is 5.08. The average molecular weight is 288 g/mol. The third-order valence-corrected chi connectivity index (χ3v) is 4.39. The van der Waals surface area contributed by atoms with E-state index in [2.05, 4.69) is 12.2 Å². The van der Waals surface area contributed by atoms with E-state index >= 15 is 0 Å². The molecule has 100 valence electrons. The molecule has 0 radical (unpaired) electrons. The van der Waals surface area contributed by atoms with Gasteiger partial charge in [-0.2, -0.15) is 0 Å². The number of benzene rings is 1. The topological polar surface area (TPSA) is 32.3 Å². The van der Waals surface area contributed by atoms with Gasteiger partial charge in [0.25, 0.3) is 0 Å². The van der Waals surface area contributed by atoms with Crippen LogP contribution in [-0.2, 0) is 0 Å². The van der Waals surface area contributed by atoms with Gasteiger partial charge in [0.2, 0.25) is 0 Å². The van der Waals surface area contributed by atoms with Gasteiger partial charge >= 0.3 is 0 Å². The van der Waals surface area contributed by atoms with Gasteiger partial charge < -0.3 is 10.4 Å². The maximum absolute atomic E-state index is 9.51. The summed E-state index contributed by atoms with van der Waals surface area (Å²) in [6, 6.07) is 3.95. The van der Waals surface area contributed by atoms with Gasteiger partial charge in [0.1, 0.15) is 0 Å². The fraction of sp³-hybridized carbons (Fsp3) is 0.571. The first kappa shape index (κ1) is 13.8. The molecule has 1 saturated carbocycles. The molecule has 0 unspecified atom stereocenters. The molecular weight excluding hydrogens is 269 g/mol. The summed E-state index contributed by atoms with van der Waals surface area (Å²) in [4.78, 5) is 0. The molecule has 2 nitrogen and oxygen atoms in total. The molecule has 2 N–H and O–H groups in total. The molecule has 0 aromatic heterocycles. The van der Waals surface area contributed by atoms with Crippen LogP contribution in [0.1, 0.15) is 39.0 Å². The molecule has 0 spiro atoms. The Labute approximate surface area is 118 Å². The maximum Gasteiger partial charge on any atom is 0.152 e. The number of aromatic hydroxyl groups is 1. The molecule has 1 aliphatic rings. The van der Waals surface area contributed by atoms with Crippen molar-refractivity contribution in [2.45, 2.75) is 45.1 Å². The molecule has 4 heteroatoms. The van der Waals surface area contributed by atoms with Gasteiger partial charge in [-0.3, -0.25) is 0 Å². The summed E-state index contributed by atoms with van der Waals surface area (Å²) >= 11 is 11.8. The van der Waals surface area contributed by atoms with Gasteiger partial charge in [-0.15, -0.1) is 0 Å². The summed E-state index contributed by atoms with van der Waals surface area (Å²) < 4.78 is 0. The van der Waals surface area contributed by atoms with Gasteiger partial charge in [0.05, 0.1) is 10.0 Å². The van der Waals surface area contributed by atoms with Crippen LogP contribution in [0.3, 0.4) is 0 Å². The highest BCUT2D eigenvalue weighted by molar-refractivity contribution is 6.37. The van der Waals surface area contributed by atoms with Gasteiger partial charge in [-0.05, 0) is 43.7 Å². The summed E-state index contributed by atoms with van der Waals surface area (Å²) in [6.07, 6.45) is 6.23. The number of anilines is 1. The lowest BCUT2D eigenvalue weighted by atomic mass is 9.84. The molecule has 1 aromatic rings. The fourth-order valence-electron chi connectivity index (χ4n) is 2.60. The van der Waals surface area contributed by atoms with Crippen molar-refractivity contribution in [1.29, 1.82) is 0 Å². The second-order valence-electron chi connectivity index (χ2n) is 5.06.